The lowest BCUT2D eigenvalue weighted by atomic mass is 10.1. The molecule has 0 saturated carbocycles. The Morgan fingerprint density at radius 3 is 2.72 bits per heavy atom. The molecule has 1 amide bonds. The maximum Gasteiger partial charge on any atom is 0.279 e. The van der Waals surface area contributed by atoms with E-state index in [0.717, 1.165) is 16.9 Å². The lowest BCUT2D eigenvalue weighted by molar-refractivity contribution is 0.101. The van der Waals surface area contributed by atoms with Crippen LogP contribution in [0.15, 0.2) is 59.3 Å². The van der Waals surface area contributed by atoms with Crippen LogP contribution in [0.5, 0.6) is 5.75 Å². The molecule has 164 valence electrons. The molecule has 0 saturated heterocycles. The zero-order valence-electron chi connectivity index (χ0n) is 18.1. The first-order chi connectivity index (χ1) is 15.4. The topological polar surface area (TPSA) is 82.2 Å². The van der Waals surface area contributed by atoms with Crippen LogP contribution < -0.4 is 10.1 Å². The molecule has 0 bridgehead atoms. The highest BCUT2D eigenvalue weighted by atomic mass is 35.5. The van der Waals surface area contributed by atoms with Gasteiger partial charge in [0.25, 0.3) is 5.91 Å². The molecule has 2 aromatic heterocycles. The predicted molar refractivity (Wildman–Crippen MR) is 122 cm³/mol. The Hall–Kier alpha value is -3.58. The highest BCUT2D eigenvalue weighted by molar-refractivity contribution is 6.31. The Morgan fingerprint density at radius 1 is 1.12 bits per heavy atom. The third-order valence-corrected chi connectivity index (χ3v) is 5.60. The molecule has 4 rings (SSSR count). The molecule has 32 heavy (non-hydrogen) atoms. The van der Waals surface area contributed by atoms with E-state index in [1.165, 1.54) is 5.56 Å². The summed E-state index contributed by atoms with van der Waals surface area (Å²) in [6.07, 6.45) is 1.77. The number of nitrogens with one attached hydrogen (secondary N) is 1. The fourth-order valence-electron chi connectivity index (χ4n) is 3.19. The van der Waals surface area contributed by atoms with Gasteiger partial charge in [0.05, 0.1) is 12.1 Å². The fraction of sp³-hybridized carbons (Fsp3) is 0.208. The molecule has 4 aromatic rings. The molecule has 2 aromatic carbocycles. The number of hydrogen-bond acceptors (Lipinski definition) is 5. The number of aromatic nitrogens is 3. The monoisotopic (exact) mass is 450 g/mol. The molecular formula is C24H23ClN4O3. The summed E-state index contributed by atoms with van der Waals surface area (Å²) in [5.74, 6) is 1.24. The Bertz CT molecular complexity index is 1260. The molecule has 0 spiro atoms. The van der Waals surface area contributed by atoms with Crippen molar-refractivity contribution in [2.24, 2.45) is 0 Å². The highest BCUT2D eigenvalue weighted by Crippen LogP contribution is 2.21. The Kier molecular flexibility index (Phi) is 6.28. The molecule has 0 aliphatic carbocycles. The van der Waals surface area contributed by atoms with Crippen LogP contribution in [0.3, 0.4) is 0 Å². The van der Waals surface area contributed by atoms with Crippen LogP contribution in [-0.2, 0) is 13.2 Å². The van der Waals surface area contributed by atoms with E-state index in [-0.39, 0.29) is 12.3 Å². The summed E-state index contributed by atoms with van der Waals surface area (Å²) in [6.45, 7) is 6.48. The van der Waals surface area contributed by atoms with Gasteiger partial charge in [-0.25, -0.2) is 0 Å². The van der Waals surface area contributed by atoms with Gasteiger partial charge < -0.3 is 14.6 Å². The smallest absolute Gasteiger partial charge is 0.279 e. The van der Waals surface area contributed by atoms with Crippen LogP contribution in [0.25, 0.3) is 0 Å². The van der Waals surface area contributed by atoms with Crippen molar-refractivity contribution in [2.45, 2.75) is 33.9 Å². The van der Waals surface area contributed by atoms with E-state index in [4.69, 9.17) is 20.9 Å². The van der Waals surface area contributed by atoms with Crippen molar-refractivity contribution < 1.29 is 14.1 Å². The number of ether oxygens (including phenoxy) is 1. The SMILES string of the molecule is Cc1ccc(OCc2c(C(=O)Nc3ccn(Cc4ccccc4Cl)n3)noc2C)cc1C. The highest BCUT2D eigenvalue weighted by Gasteiger charge is 2.21. The maximum atomic E-state index is 12.8. The van der Waals surface area contributed by atoms with E-state index in [1.54, 1.807) is 23.9 Å². The first-order valence-electron chi connectivity index (χ1n) is 10.1. The number of anilines is 1. The van der Waals surface area contributed by atoms with E-state index in [9.17, 15) is 4.79 Å². The van der Waals surface area contributed by atoms with Crippen molar-refractivity contribution in [1.82, 2.24) is 14.9 Å². The van der Waals surface area contributed by atoms with Crippen molar-refractivity contribution in [2.75, 3.05) is 5.32 Å². The van der Waals surface area contributed by atoms with Gasteiger partial charge in [-0.3, -0.25) is 9.48 Å². The van der Waals surface area contributed by atoms with Crippen LogP contribution in [0.1, 0.15) is 38.5 Å². The number of carbonyl (C=O) groups excluding carboxylic acids is 1. The van der Waals surface area contributed by atoms with Gasteiger partial charge in [0, 0.05) is 17.3 Å². The average Bonchev–Trinajstić information content (AvgIpc) is 3.36. The number of rotatable bonds is 7. The Morgan fingerprint density at radius 2 is 1.94 bits per heavy atom. The van der Waals surface area contributed by atoms with E-state index in [2.05, 4.69) is 15.6 Å². The van der Waals surface area contributed by atoms with Crippen molar-refractivity contribution in [1.29, 1.82) is 0 Å². The second-order valence-electron chi connectivity index (χ2n) is 7.54. The Labute approximate surface area is 190 Å². The minimum Gasteiger partial charge on any atom is -0.489 e. The summed E-state index contributed by atoms with van der Waals surface area (Å²) in [4.78, 5) is 12.8. The van der Waals surface area contributed by atoms with Gasteiger partial charge in [-0.15, -0.1) is 0 Å². The number of amides is 1. The van der Waals surface area contributed by atoms with Crippen LogP contribution in [0.2, 0.25) is 5.02 Å². The van der Waals surface area contributed by atoms with Crippen molar-refractivity contribution >= 4 is 23.3 Å². The summed E-state index contributed by atoms with van der Waals surface area (Å²) in [5.41, 5.74) is 4.03. The zero-order valence-corrected chi connectivity index (χ0v) is 18.8. The summed E-state index contributed by atoms with van der Waals surface area (Å²) < 4.78 is 12.8. The number of carbonyl (C=O) groups is 1. The first-order valence-corrected chi connectivity index (χ1v) is 10.5. The quantitative estimate of drug-likeness (QED) is 0.411. The van der Waals surface area contributed by atoms with Crippen LogP contribution in [0, 0.1) is 20.8 Å². The van der Waals surface area contributed by atoms with E-state index >= 15 is 0 Å². The third-order valence-electron chi connectivity index (χ3n) is 5.23. The number of halogens is 1. The summed E-state index contributed by atoms with van der Waals surface area (Å²) in [6, 6.07) is 15.1. The zero-order chi connectivity index (χ0) is 22.7. The first kappa shape index (κ1) is 21.6. The molecular weight excluding hydrogens is 428 g/mol. The van der Waals surface area contributed by atoms with Crippen LogP contribution >= 0.6 is 11.6 Å². The van der Waals surface area contributed by atoms with Gasteiger partial charge in [0.1, 0.15) is 18.1 Å². The van der Waals surface area contributed by atoms with E-state index < -0.39 is 5.91 Å². The van der Waals surface area contributed by atoms with Gasteiger partial charge in [-0.2, -0.15) is 5.10 Å². The number of hydrogen-bond donors (Lipinski definition) is 1. The second-order valence-corrected chi connectivity index (χ2v) is 7.95. The molecule has 0 atom stereocenters. The Balaban J connectivity index is 1.43. The molecule has 0 fully saturated rings. The molecule has 8 heteroatoms. The molecule has 0 aliphatic heterocycles. The van der Waals surface area contributed by atoms with Gasteiger partial charge in [-0.1, -0.05) is 41.0 Å². The molecule has 2 heterocycles. The van der Waals surface area contributed by atoms with Crippen molar-refractivity contribution in [3.05, 3.63) is 93.5 Å². The van der Waals surface area contributed by atoms with E-state index in [1.807, 2.05) is 56.3 Å². The van der Waals surface area contributed by atoms with Crippen LogP contribution in [0.4, 0.5) is 5.82 Å². The summed E-state index contributed by atoms with van der Waals surface area (Å²) in [7, 11) is 0. The largest absolute Gasteiger partial charge is 0.489 e. The van der Waals surface area contributed by atoms with Gasteiger partial charge in [0.15, 0.2) is 11.5 Å². The van der Waals surface area contributed by atoms with Crippen molar-refractivity contribution in [3.63, 3.8) is 0 Å². The summed E-state index contributed by atoms with van der Waals surface area (Å²) in [5, 5.41) is 11.8. The number of nitrogens with zero attached hydrogens (tertiary/aromatic N) is 3. The molecule has 1 N–H and O–H groups in total. The summed E-state index contributed by atoms with van der Waals surface area (Å²) >= 11 is 6.21. The van der Waals surface area contributed by atoms with Gasteiger partial charge in [0.2, 0.25) is 0 Å². The minimum atomic E-state index is -0.413. The fourth-order valence-corrected chi connectivity index (χ4v) is 3.39. The number of benzene rings is 2. The van der Waals surface area contributed by atoms with E-state index in [0.29, 0.717) is 28.7 Å². The molecule has 0 unspecified atom stereocenters. The normalized spacial score (nSPS) is 10.9. The minimum absolute atomic E-state index is 0.168. The van der Waals surface area contributed by atoms with Crippen LogP contribution in [-0.4, -0.2) is 20.8 Å². The van der Waals surface area contributed by atoms with Crippen molar-refractivity contribution in [3.8, 4) is 5.75 Å². The number of aryl methyl sites for hydroxylation is 3. The molecule has 7 nitrogen and oxygen atoms in total. The lowest BCUT2D eigenvalue weighted by Crippen LogP contribution is -2.16. The molecule has 0 radical (unpaired) electrons. The average molecular weight is 451 g/mol. The predicted octanol–water partition coefficient (Wildman–Crippen LogP) is 5.33. The lowest BCUT2D eigenvalue weighted by Gasteiger charge is -2.08. The third kappa shape index (κ3) is 4.84. The molecule has 0 aliphatic rings. The standard InChI is InChI=1S/C24H23ClN4O3/c1-15-8-9-19(12-16(15)2)31-14-20-17(3)32-28-23(20)24(30)26-22-10-11-29(27-22)13-18-6-4-5-7-21(18)25/h4-12H,13-14H2,1-3H3,(H,26,27,30). The van der Waals surface area contributed by atoms with Gasteiger partial charge in [-0.05, 0) is 55.7 Å². The maximum absolute atomic E-state index is 12.8. The van der Waals surface area contributed by atoms with Gasteiger partial charge >= 0.3 is 0 Å². The second kappa shape index (κ2) is 9.28.